The molecular formula is C20H23N5O3. The molecular weight excluding hydrogens is 358 g/mol. The minimum atomic E-state index is -0.488. The van der Waals surface area contributed by atoms with Gasteiger partial charge < -0.3 is 10.2 Å². The monoisotopic (exact) mass is 381 g/mol. The highest BCUT2D eigenvalue weighted by Crippen LogP contribution is 2.09. The zero-order valence-electron chi connectivity index (χ0n) is 16.2. The van der Waals surface area contributed by atoms with E-state index in [0.29, 0.717) is 17.4 Å². The van der Waals surface area contributed by atoms with E-state index >= 15 is 0 Å². The second-order valence-electron chi connectivity index (χ2n) is 6.63. The van der Waals surface area contributed by atoms with Crippen molar-refractivity contribution in [2.75, 3.05) is 19.0 Å². The number of fused-ring (bicyclic) bond motifs is 1. The van der Waals surface area contributed by atoms with Gasteiger partial charge in [-0.05, 0) is 30.7 Å². The predicted octanol–water partition coefficient (Wildman–Crippen LogP) is 0.960. The van der Waals surface area contributed by atoms with Gasteiger partial charge >= 0.3 is 5.69 Å². The van der Waals surface area contributed by atoms with Crippen LogP contribution in [0.3, 0.4) is 0 Å². The van der Waals surface area contributed by atoms with E-state index in [9.17, 15) is 14.4 Å². The first-order valence-corrected chi connectivity index (χ1v) is 9.03. The molecule has 0 aliphatic rings. The summed E-state index contributed by atoms with van der Waals surface area (Å²) in [5.41, 5.74) is 0.481. The molecule has 0 radical (unpaired) electrons. The zero-order valence-corrected chi connectivity index (χ0v) is 16.2. The molecule has 0 saturated carbocycles. The lowest BCUT2D eigenvalue weighted by Crippen LogP contribution is -2.42. The number of carbonyl (C=O) groups is 1. The molecule has 2 heterocycles. The minimum absolute atomic E-state index is 0.164. The fraction of sp³-hybridized carbons (Fsp3) is 0.300. The van der Waals surface area contributed by atoms with Crippen molar-refractivity contribution in [3.05, 3.63) is 69.0 Å². The Labute approximate surface area is 162 Å². The van der Waals surface area contributed by atoms with E-state index in [2.05, 4.69) is 10.3 Å². The Morgan fingerprint density at radius 2 is 1.86 bits per heavy atom. The van der Waals surface area contributed by atoms with Crippen LogP contribution in [0.4, 0.5) is 5.82 Å². The van der Waals surface area contributed by atoms with Crippen molar-refractivity contribution in [1.29, 1.82) is 0 Å². The number of para-hydroxylation sites is 1. The first-order valence-electron chi connectivity index (χ1n) is 9.03. The molecule has 1 aromatic carbocycles. The third kappa shape index (κ3) is 3.80. The predicted molar refractivity (Wildman–Crippen MR) is 109 cm³/mol. The first kappa shape index (κ1) is 19.3. The standard InChI is InChI=1S/C20H23N5O3/c1-4-24-19(27)15-7-5-6-8-16(15)25(20(24)28)13-18(26)22-12-14-9-10-17(21-11-14)23(2)3/h5-11H,4,12-13H2,1-3H3,(H,22,26). The number of aromatic nitrogens is 3. The molecule has 8 heteroatoms. The second-order valence-corrected chi connectivity index (χ2v) is 6.63. The van der Waals surface area contributed by atoms with Crippen molar-refractivity contribution in [3.63, 3.8) is 0 Å². The number of pyridine rings is 1. The maximum absolute atomic E-state index is 12.7. The Morgan fingerprint density at radius 1 is 1.11 bits per heavy atom. The van der Waals surface area contributed by atoms with Gasteiger partial charge in [-0.2, -0.15) is 0 Å². The maximum Gasteiger partial charge on any atom is 0.331 e. The molecule has 146 valence electrons. The second kappa shape index (κ2) is 8.08. The van der Waals surface area contributed by atoms with Crippen molar-refractivity contribution in [2.24, 2.45) is 0 Å². The maximum atomic E-state index is 12.7. The van der Waals surface area contributed by atoms with Crippen molar-refractivity contribution in [2.45, 2.75) is 26.6 Å². The average molecular weight is 381 g/mol. The molecule has 0 unspecified atom stereocenters. The van der Waals surface area contributed by atoms with Crippen LogP contribution in [0.15, 0.2) is 52.2 Å². The summed E-state index contributed by atoms with van der Waals surface area (Å²) >= 11 is 0. The lowest BCUT2D eigenvalue weighted by atomic mass is 10.2. The molecule has 0 saturated heterocycles. The summed E-state index contributed by atoms with van der Waals surface area (Å²) in [5.74, 6) is 0.514. The summed E-state index contributed by atoms with van der Waals surface area (Å²) in [5, 5.41) is 3.22. The Bertz CT molecular complexity index is 1110. The Kier molecular flexibility index (Phi) is 5.58. The van der Waals surface area contributed by atoms with Crippen LogP contribution in [0.5, 0.6) is 0 Å². The molecule has 0 spiro atoms. The van der Waals surface area contributed by atoms with Gasteiger partial charge in [0.05, 0.1) is 10.9 Å². The summed E-state index contributed by atoms with van der Waals surface area (Å²) in [4.78, 5) is 43.8. The van der Waals surface area contributed by atoms with Crippen LogP contribution in [0, 0.1) is 0 Å². The Balaban J connectivity index is 1.81. The smallest absolute Gasteiger partial charge is 0.331 e. The van der Waals surface area contributed by atoms with Gasteiger partial charge in [-0.3, -0.25) is 18.7 Å². The van der Waals surface area contributed by atoms with Gasteiger partial charge in [0.2, 0.25) is 5.91 Å². The Morgan fingerprint density at radius 3 is 2.50 bits per heavy atom. The van der Waals surface area contributed by atoms with Gasteiger partial charge in [0.25, 0.3) is 5.56 Å². The number of benzene rings is 1. The van der Waals surface area contributed by atoms with Crippen LogP contribution >= 0.6 is 0 Å². The minimum Gasteiger partial charge on any atom is -0.363 e. The van der Waals surface area contributed by atoms with E-state index in [-0.39, 0.29) is 24.6 Å². The number of nitrogens with one attached hydrogen (secondary N) is 1. The number of amides is 1. The summed E-state index contributed by atoms with van der Waals surface area (Å²) in [6, 6.07) is 10.6. The highest BCUT2D eigenvalue weighted by atomic mass is 16.2. The average Bonchev–Trinajstić information content (AvgIpc) is 2.70. The Hall–Kier alpha value is -3.42. The molecule has 0 bridgehead atoms. The fourth-order valence-electron chi connectivity index (χ4n) is 2.99. The molecule has 1 N–H and O–H groups in total. The van der Waals surface area contributed by atoms with E-state index in [1.54, 1.807) is 37.4 Å². The van der Waals surface area contributed by atoms with Gasteiger partial charge in [-0.1, -0.05) is 18.2 Å². The third-order valence-corrected chi connectivity index (χ3v) is 4.51. The summed E-state index contributed by atoms with van der Waals surface area (Å²) in [7, 11) is 3.81. The van der Waals surface area contributed by atoms with E-state index in [1.807, 2.05) is 31.1 Å². The normalized spacial score (nSPS) is 10.8. The van der Waals surface area contributed by atoms with Crippen molar-refractivity contribution in [3.8, 4) is 0 Å². The molecule has 0 fully saturated rings. The molecule has 0 aliphatic heterocycles. The summed E-state index contributed by atoms with van der Waals surface area (Å²) < 4.78 is 2.47. The number of carbonyl (C=O) groups excluding carboxylic acids is 1. The number of hydrogen-bond acceptors (Lipinski definition) is 5. The van der Waals surface area contributed by atoms with Gasteiger partial charge in [0.15, 0.2) is 0 Å². The van der Waals surface area contributed by atoms with Crippen molar-refractivity contribution >= 4 is 22.6 Å². The highest BCUT2D eigenvalue weighted by Gasteiger charge is 2.14. The summed E-state index contributed by atoms with van der Waals surface area (Å²) in [6.45, 7) is 2.11. The number of anilines is 1. The quantitative estimate of drug-likeness (QED) is 0.687. The molecule has 8 nitrogen and oxygen atoms in total. The van der Waals surface area contributed by atoms with Crippen LogP contribution in [-0.2, 0) is 24.4 Å². The van der Waals surface area contributed by atoms with Crippen molar-refractivity contribution < 1.29 is 4.79 Å². The van der Waals surface area contributed by atoms with Crippen molar-refractivity contribution in [1.82, 2.24) is 19.4 Å². The topological polar surface area (TPSA) is 89.2 Å². The molecule has 3 aromatic rings. The van der Waals surface area contributed by atoms with Crippen LogP contribution in [0.1, 0.15) is 12.5 Å². The van der Waals surface area contributed by atoms with E-state index in [4.69, 9.17) is 0 Å². The molecule has 2 aromatic heterocycles. The lowest BCUT2D eigenvalue weighted by molar-refractivity contribution is -0.121. The molecule has 28 heavy (non-hydrogen) atoms. The lowest BCUT2D eigenvalue weighted by Gasteiger charge is -2.14. The highest BCUT2D eigenvalue weighted by molar-refractivity contribution is 5.81. The van der Waals surface area contributed by atoms with Crippen LogP contribution in [0.2, 0.25) is 0 Å². The SMILES string of the molecule is CCn1c(=O)c2ccccc2n(CC(=O)NCc2ccc(N(C)C)nc2)c1=O. The van der Waals surface area contributed by atoms with E-state index < -0.39 is 5.69 Å². The molecule has 0 atom stereocenters. The number of hydrogen-bond donors (Lipinski definition) is 1. The van der Waals surface area contributed by atoms with Crippen LogP contribution in [-0.4, -0.2) is 34.1 Å². The van der Waals surface area contributed by atoms with Gasteiger partial charge in [-0.15, -0.1) is 0 Å². The van der Waals surface area contributed by atoms with E-state index in [0.717, 1.165) is 15.9 Å². The van der Waals surface area contributed by atoms with Gasteiger partial charge in [0, 0.05) is 33.4 Å². The van der Waals surface area contributed by atoms with Crippen LogP contribution in [0.25, 0.3) is 10.9 Å². The molecule has 3 rings (SSSR count). The number of rotatable bonds is 6. The molecule has 1 amide bonds. The van der Waals surface area contributed by atoms with E-state index in [1.165, 1.54) is 4.57 Å². The molecule has 0 aliphatic carbocycles. The summed E-state index contributed by atoms with van der Waals surface area (Å²) in [6.07, 6.45) is 1.70. The zero-order chi connectivity index (χ0) is 20.3. The van der Waals surface area contributed by atoms with Gasteiger partial charge in [-0.25, -0.2) is 9.78 Å². The van der Waals surface area contributed by atoms with Gasteiger partial charge in [0.1, 0.15) is 12.4 Å². The first-order chi connectivity index (χ1) is 13.4. The fourth-order valence-corrected chi connectivity index (χ4v) is 2.99. The largest absolute Gasteiger partial charge is 0.363 e. The third-order valence-electron chi connectivity index (χ3n) is 4.51. The number of nitrogens with zero attached hydrogens (tertiary/aromatic N) is 4. The van der Waals surface area contributed by atoms with Crippen LogP contribution < -0.4 is 21.5 Å².